The Kier molecular flexibility index (Phi) is 6.16. The molecule has 0 aliphatic heterocycles. The van der Waals surface area contributed by atoms with Gasteiger partial charge in [0.05, 0.1) is 28.3 Å². The molecule has 0 unspecified atom stereocenters. The molecule has 0 fully saturated rings. The third-order valence-corrected chi connectivity index (χ3v) is 6.92. The van der Waals surface area contributed by atoms with Crippen LogP contribution in [0.25, 0.3) is 5.69 Å². The highest BCUT2D eigenvalue weighted by Gasteiger charge is 2.24. The van der Waals surface area contributed by atoms with E-state index in [9.17, 15) is 13.2 Å². The van der Waals surface area contributed by atoms with E-state index in [1.807, 2.05) is 30.3 Å². The van der Waals surface area contributed by atoms with Gasteiger partial charge in [-0.1, -0.05) is 48.0 Å². The van der Waals surface area contributed by atoms with Crippen molar-refractivity contribution in [1.29, 1.82) is 0 Å². The standard InChI is InChI=1S/C23H19ClN2O5S/c1-16-20(22(24)26(25-16)18-8-4-2-5-9-18)14-31-23(27)21-17(12-13-30-21)15-32(28,29)19-10-6-3-7-11-19/h2-13H,14-15H2,1H3. The highest BCUT2D eigenvalue weighted by molar-refractivity contribution is 7.90. The molecule has 164 valence electrons. The number of furan rings is 1. The normalized spacial score (nSPS) is 11.4. The fraction of sp³-hybridized carbons (Fsp3) is 0.130. The molecular formula is C23H19ClN2O5S. The summed E-state index contributed by atoms with van der Waals surface area (Å²) < 4.78 is 37.5. The molecule has 0 bridgehead atoms. The van der Waals surface area contributed by atoms with Crippen molar-refractivity contribution in [2.24, 2.45) is 0 Å². The minimum Gasteiger partial charge on any atom is -0.457 e. The summed E-state index contributed by atoms with van der Waals surface area (Å²) in [6.45, 7) is 1.63. The average molecular weight is 471 g/mol. The molecule has 32 heavy (non-hydrogen) atoms. The molecule has 0 spiro atoms. The van der Waals surface area contributed by atoms with E-state index < -0.39 is 15.8 Å². The number of esters is 1. The molecule has 2 aromatic heterocycles. The van der Waals surface area contributed by atoms with Crippen LogP contribution in [0.15, 0.2) is 82.3 Å². The predicted molar refractivity (Wildman–Crippen MR) is 118 cm³/mol. The van der Waals surface area contributed by atoms with E-state index in [-0.39, 0.29) is 28.6 Å². The fourth-order valence-corrected chi connectivity index (χ4v) is 4.89. The molecule has 0 N–H and O–H groups in total. The number of aromatic nitrogens is 2. The monoisotopic (exact) mass is 470 g/mol. The maximum Gasteiger partial charge on any atom is 0.374 e. The van der Waals surface area contributed by atoms with Gasteiger partial charge >= 0.3 is 5.97 Å². The van der Waals surface area contributed by atoms with Crippen molar-refractivity contribution in [3.05, 3.63) is 101 Å². The van der Waals surface area contributed by atoms with Gasteiger partial charge in [-0.05, 0) is 37.3 Å². The maximum absolute atomic E-state index is 12.7. The quantitative estimate of drug-likeness (QED) is 0.362. The number of carbonyl (C=O) groups is 1. The Labute approximate surface area is 190 Å². The zero-order chi connectivity index (χ0) is 22.7. The van der Waals surface area contributed by atoms with E-state index in [1.54, 1.807) is 29.8 Å². The van der Waals surface area contributed by atoms with Crippen molar-refractivity contribution in [3.8, 4) is 5.69 Å². The summed E-state index contributed by atoms with van der Waals surface area (Å²) in [5, 5.41) is 4.74. The largest absolute Gasteiger partial charge is 0.457 e. The third-order valence-electron chi connectivity index (χ3n) is 4.85. The van der Waals surface area contributed by atoms with Crippen LogP contribution >= 0.6 is 11.6 Å². The van der Waals surface area contributed by atoms with Crippen LogP contribution in [0.5, 0.6) is 0 Å². The van der Waals surface area contributed by atoms with Gasteiger partial charge < -0.3 is 9.15 Å². The molecule has 0 aliphatic carbocycles. The van der Waals surface area contributed by atoms with Crippen LogP contribution in [0.3, 0.4) is 0 Å². The number of nitrogens with zero attached hydrogens (tertiary/aromatic N) is 2. The van der Waals surface area contributed by atoms with Gasteiger partial charge in [-0.15, -0.1) is 0 Å². The molecule has 0 saturated heterocycles. The lowest BCUT2D eigenvalue weighted by Gasteiger charge is -2.07. The zero-order valence-corrected chi connectivity index (χ0v) is 18.6. The van der Waals surface area contributed by atoms with Crippen LogP contribution in [-0.2, 0) is 26.9 Å². The Morgan fingerprint density at radius 2 is 1.72 bits per heavy atom. The third kappa shape index (κ3) is 4.46. The molecule has 0 amide bonds. The van der Waals surface area contributed by atoms with Crippen molar-refractivity contribution in [1.82, 2.24) is 9.78 Å². The van der Waals surface area contributed by atoms with E-state index in [0.29, 0.717) is 16.4 Å². The van der Waals surface area contributed by atoms with Crippen LogP contribution in [0.1, 0.15) is 27.4 Å². The molecule has 0 radical (unpaired) electrons. The summed E-state index contributed by atoms with van der Waals surface area (Å²) in [5.41, 5.74) is 2.16. The number of para-hydroxylation sites is 1. The number of hydrogen-bond acceptors (Lipinski definition) is 6. The van der Waals surface area contributed by atoms with E-state index in [4.69, 9.17) is 20.8 Å². The van der Waals surface area contributed by atoms with Crippen molar-refractivity contribution in [3.63, 3.8) is 0 Å². The van der Waals surface area contributed by atoms with Crippen LogP contribution in [0, 0.1) is 6.92 Å². The molecule has 4 rings (SSSR count). The van der Waals surface area contributed by atoms with Crippen molar-refractivity contribution >= 4 is 27.4 Å². The number of sulfone groups is 1. The lowest BCUT2D eigenvalue weighted by atomic mass is 10.2. The molecule has 4 aromatic rings. The van der Waals surface area contributed by atoms with Crippen LogP contribution in [0.2, 0.25) is 5.15 Å². The number of halogens is 1. The number of benzene rings is 2. The highest BCUT2D eigenvalue weighted by atomic mass is 35.5. The number of carbonyl (C=O) groups excluding carboxylic acids is 1. The van der Waals surface area contributed by atoms with E-state index in [1.165, 1.54) is 24.5 Å². The Morgan fingerprint density at radius 3 is 2.41 bits per heavy atom. The fourth-order valence-electron chi connectivity index (χ4n) is 3.18. The minimum absolute atomic E-state index is 0.137. The van der Waals surface area contributed by atoms with Crippen molar-refractivity contribution < 1.29 is 22.4 Å². The SMILES string of the molecule is Cc1nn(-c2ccccc2)c(Cl)c1COC(=O)c1occc1CS(=O)(=O)c1ccccc1. The topological polar surface area (TPSA) is 91.4 Å². The second-order valence-electron chi connectivity index (χ2n) is 7.03. The summed E-state index contributed by atoms with van der Waals surface area (Å²) in [7, 11) is -3.65. The Hall–Kier alpha value is -3.36. The van der Waals surface area contributed by atoms with Gasteiger partial charge in [0, 0.05) is 11.1 Å². The molecule has 0 aliphatic rings. The lowest BCUT2D eigenvalue weighted by molar-refractivity contribution is 0.0434. The number of aryl methyl sites for hydroxylation is 1. The number of rotatable bonds is 7. The minimum atomic E-state index is -3.65. The van der Waals surface area contributed by atoms with E-state index >= 15 is 0 Å². The summed E-state index contributed by atoms with van der Waals surface area (Å²) in [6, 6.07) is 18.8. The number of ether oxygens (including phenoxy) is 1. The molecule has 2 heterocycles. The van der Waals surface area contributed by atoms with Crippen molar-refractivity contribution in [2.45, 2.75) is 24.2 Å². The highest BCUT2D eigenvalue weighted by Crippen LogP contribution is 2.25. The van der Waals surface area contributed by atoms with E-state index in [2.05, 4.69) is 5.10 Å². The van der Waals surface area contributed by atoms with Gasteiger partial charge in [0.25, 0.3) is 0 Å². The molecular weight excluding hydrogens is 452 g/mol. The second-order valence-corrected chi connectivity index (χ2v) is 9.37. The first-order valence-electron chi connectivity index (χ1n) is 9.67. The Morgan fingerprint density at radius 1 is 1.06 bits per heavy atom. The van der Waals surface area contributed by atoms with Gasteiger partial charge in [-0.3, -0.25) is 0 Å². The molecule has 0 atom stereocenters. The summed E-state index contributed by atoms with van der Waals surface area (Å²) in [5.74, 6) is -1.33. The number of hydrogen-bond donors (Lipinski definition) is 0. The van der Waals surface area contributed by atoms with Gasteiger partial charge in [0.15, 0.2) is 9.84 Å². The smallest absolute Gasteiger partial charge is 0.374 e. The van der Waals surface area contributed by atoms with Gasteiger partial charge in [0.1, 0.15) is 11.8 Å². The first-order valence-corrected chi connectivity index (χ1v) is 11.7. The van der Waals surface area contributed by atoms with Gasteiger partial charge in [0.2, 0.25) is 5.76 Å². The molecule has 0 saturated carbocycles. The van der Waals surface area contributed by atoms with Crippen LogP contribution < -0.4 is 0 Å². The van der Waals surface area contributed by atoms with Gasteiger partial charge in [-0.2, -0.15) is 5.10 Å². The molecule has 9 heteroatoms. The van der Waals surface area contributed by atoms with Crippen molar-refractivity contribution in [2.75, 3.05) is 0 Å². The Bertz CT molecular complexity index is 1350. The molecule has 7 nitrogen and oxygen atoms in total. The van der Waals surface area contributed by atoms with Crippen LogP contribution in [-0.4, -0.2) is 24.2 Å². The summed E-state index contributed by atoms with van der Waals surface area (Å²) >= 11 is 6.47. The lowest BCUT2D eigenvalue weighted by Crippen LogP contribution is -2.11. The van der Waals surface area contributed by atoms with E-state index in [0.717, 1.165) is 5.69 Å². The predicted octanol–water partition coefficient (Wildman–Crippen LogP) is 4.76. The first-order chi connectivity index (χ1) is 15.4. The first kappa shape index (κ1) is 21.9. The Balaban J connectivity index is 1.50. The van der Waals surface area contributed by atoms with Crippen LogP contribution in [0.4, 0.5) is 0 Å². The zero-order valence-electron chi connectivity index (χ0n) is 17.1. The summed E-state index contributed by atoms with van der Waals surface area (Å²) in [6.07, 6.45) is 1.26. The second kappa shape index (κ2) is 9.02. The maximum atomic E-state index is 12.7. The average Bonchev–Trinajstić information content (AvgIpc) is 3.37. The van der Waals surface area contributed by atoms with Gasteiger partial charge in [-0.25, -0.2) is 17.9 Å². The molecule has 2 aromatic carbocycles. The summed E-state index contributed by atoms with van der Waals surface area (Å²) in [4.78, 5) is 12.8.